The quantitative estimate of drug-likeness (QED) is 0.899. The lowest BCUT2D eigenvalue weighted by Gasteiger charge is -2.15. The summed E-state index contributed by atoms with van der Waals surface area (Å²) in [7, 11) is 1.55. The molecule has 0 aliphatic heterocycles. The van der Waals surface area contributed by atoms with Gasteiger partial charge < -0.3 is 9.84 Å². The zero-order valence-electron chi connectivity index (χ0n) is 10.9. The van der Waals surface area contributed by atoms with Crippen LogP contribution in [0, 0.1) is 6.92 Å². The molecule has 100 valence electrons. The Kier molecular flexibility index (Phi) is 3.97. The second kappa shape index (κ2) is 5.67. The maximum atomic E-state index is 11.7. The first-order valence-electron chi connectivity index (χ1n) is 5.96. The van der Waals surface area contributed by atoms with E-state index in [2.05, 4.69) is 4.98 Å². The molecule has 1 heterocycles. The fraction of sp³-hybridized carbons (Fsp3) is 0.286. The lowest BCUT2D eigenvalue weighted by atomic mass is 10.1. The Labute approximate surface area is 111 Å². The summed E-state index contributed by atoms with van der Waals surface area (Å²) >= 11 is 0. The van der Waals surface area contributed by atoms with Gasteiger partial charge in [0.1, 0.15) is 11.9 Å². The van der Waals surface area contributed by atoms with Crippen LogP contribution >= 0.6 is 0 Å². The molecule has 5 nitrogen and oxygen atoms in total. The highest BCUT2D eigenvalue weighted by atomic mass is 16.5. The third-order valence-electron chi connectivity index (χ3n) is 2.88. The first kappa shape index (κ1) is 13.3. The predicted molar refractivity (Wildman–Crippen MR) is 71.2 cm³/mol. The van der Waals surface area contributed by atoms with E-state index in [1.54, 1.807) is 26.2 Å². The highest BCUT2D eigenvalue weighted by molar-refractivity contribution is 5.34. The summed E-state index contributed by atoms with van der Waals surface area (Å²) < 4.78 is 6.57. The molecule has 0 saturated heterocycles. The Balaban J connectivity index is 2.25. The molecule has 2 aromatic rings. The summed E-state index contributed by atoms with van der Waals surface area (Å²) in [6, 6.07) is 8.63. The van der Waals surface area contributed by atoms with Crippen LogP contribution in [0.2, 0.25) is 0 Å². The molecule has 2 rings (SSSR count). The van der Waals surface area contributed by atoms with Gasteiger partial charge in [0, 0.05) is 17.3 Å². The number of aliphatic hydroxyl groups excluding tert-OH is 1. The molecule has 0 bridgehead atoms. The summed E-state index contributed by atoms with van der Waals surface area (Å²) in [5, 5.41) is 10.2. The molecule has 1 N–H and O–H groups in total. The monoisotopic (exact) mass is 260 g/mol. The number of ether oxygens (including phenoxy) is 1. The molecule has 1 unspecified atom stereocenters. The second-order valence-electron chi connectivity index (χ2n) is 4.28. The first-order chi connectivity index (χ1) is 9.11. The number of para-hydroxylation sites is 1. The van der Waals surface area contributed by atoms with Gasteiger partial charge in [0.05, 0.1) is 20.0 Å². The van der Waals surface area contributed by atoms with Gasteiger partial charge in [-0.15, -0.1) is 0 Å². The number of nitrogens with zero attached hydrogens (tertiary/aromatic N) is 2. The first-order valence-corrected chi connectivity index (χ1v) is 5.96. The van der Waals surface area contributed by atoms with Crippen molar-refractivity contribution in [3.63, 3.8) is 0 Å². The third-order valence-corrected chi connectivity index (χ3v) is 2.88. The van der Waals surface area contributed by atoms with Crippen molar-refractivity contribution >= 4 is 0 Å². The molecular formula is C14H16N2O3. The zero-order chi connectivity index (χ0) is 13.8. The Morgan fingerprint density at radius 3 is 2.84 bits per heavy atom. The number of rotatable bonds is 4. The minimum atomic E-state index is -0.821. The van der Waals surface area contributed by atoms with Crippen LogP contribution in [-0.2, 0) is 6.54 Å². The fourth-order valence-electron chi connectivity index (χ4n) is 1.88. The highest BCUT2D eigenvalue weighted by Gasteiger charge is 2.13. The van der Waals surface area contributed by atoms with E-state index in [1.165, 1.54) is 17.0 Å². The largest absolute Gasteiger partial charge is 0.496 e. The number of aryl methyl sites for hydroxylation is 1. The van der Waals surface area contributed by atoms with E-state index in [1.807, 2.05) is 12.1 Å². The van der Waals surface area contributed by atoms with Crippen molar-refractivity contribution in [2.45, 2.75) is 19.6 Å². The second-order valence-corrected chi connectivity index (χ2v) is 4.28. The van der Waals surface area contributed by atoms with Gasteiger partial charge in [-0.25, -0.2) is 4.98 Å². The molecule has 1 atom stereocenters. The SMILES string of the molecule is COc1ccccc1C(O)Cn1cnc(C)cc1=O. The summed E-state index contributed by atoms with van der Waals surface area (Å²) in [5.41, 5.74) is 1.13. The van der Waals surface area contributed by atoms with Gasteiger partial charge in [-0.05, 0) is 13.0 Å². The Morgan fingerprint density at radius 1 is 1.42 bits per heavy atom. The van der Waals surface area contributed by atoms with Crippen molar-refractivity contribution < 1.29 is 9.84 Å². The molecule has 0 fully saturated rings. The van der Waals surface area contributed by atoms with Crippen LogP contribution in [0.25, 0.3) is 0 Å². The van der Waals surface area contributed by atoms with Gasteiger partial charge >= 0.3 is 0 Å². The van der Waals surface area contributed by atoms with Crippen LogP contribution < -0.4 is 10.3 Å². The molecular weight excluding hydrogens is 244 g/mol. The summed E-state index contributed by atoms with van der Waals surface area (Å²) in [5.74, 6) is 0.600. The summed E-state index contributed by atoms with van der Waals surface area (Å²) in [6.45, 7) is 1.90. The predicted octanol–water partition coefficient (Wildman–Crippen LogP) is 1.29. The van der Waals surface area contributed by atoms with Crippen LogP contribution in [0.5, 0.6) is 5.75 Å². The number of aliphatic hydroxyl groups is 1. The van der Waals surface area contributed by atoms with Gasteiger partial charge in [-0.2, -0.15) is 0 Å². The van der Waals surface area contributed by atoms with E-state index in [0.29, 0.717) is 17.0 Å². The standard InChI is InChI=1S/C14H16N2O3/c1-10-7-14(18)16(9-15-10)8-12(17)11-5-3-4-6-13(11)19-2/h3-7,9,12,17H,8H2,1-2H3. The van der Waals surface area contributed by atoms with E-state index in [-0.39, 0.29) is 12.1 Å². The Morgan fingerprint density at radius 2 is 2.16 bits per heavy atom. The van der Waals surface area contributed by atoms with Gasteiger partial charge in [-0.3, -0.25) is 9.36 Å². The molecule has 19 heavy (non-hydrogen) atoms. The number of methoxy groups -OCH3 is 1. The Hall–Kier alpha value is -2.14. The lowest BCUT2D eigenvalue weighted by molar-refractivity contribution is 0.151. The Bertz CT molecular complexity index is 622. The maximum absolute atomic E-state index is 11.7. The van der Waals surface area contributed by atoms with Gasteiger partial charge in [0.2, 0.25) is 0 Å². The van der Waals surface area contributed by atoms with E-state index in [4.69, 9.17) is 4.74 Å². The molecule has 0 radical (unpaired) electrons. The molecule has 0 aliphatic rings. The van der Waals surface area contributed by atoms with Gasteiger partial charge in [0.15, 0.2) is 0 Å². The maximum Gasteiger partial charge on any atom is 0.253 e. The molecule has 0 aliphatic carbocycles. The molecule has 1 aromatic carbocycles. The minimum Gasteiger partial charge on any atom is -0.496 e. The van der Waals surface area contributed by atoms with Crippen LogP contribution in [0.4, 0.5) is 0 Å². The van der Waals surface area contributed by atoms with Crippen LogP contribution in [0.3, 0.4) is 0 Å². The van der Waals surface area contributed by atoms with Crippen molar-refractivity contribution in [3.8, 4) is 5.75 Å². The molecule has 0 amide bonds. The van der Waals surface area contributed by atoms with Crippen molar-refractivity contribution in [2.24, 2.45) is 0 Å². The van der Waals surface area contributed by atoms with Crippen molar-refractivity contribution in [3.05, 3.63) is 58.3 Å². The van der Waals surface area contributed by atoms with Crippen LogP contribution in [-0.4, -0.2) is 21.8 Å². The number of benzene rings is 1. The topological polar surface area (TPSA) is 64.3 Å². The van der Waals surface area contributed by atoms with E-state index >= 15 is 0 Å². The normalized spacial score (nSPS) is 12.2. The molecule has 0 spiro atoms. The molecule has 5 heteroatoms. The van der Waals surface area contributed by atoms with Crippen molar-refractivity contribution in [2.75, 3.05) is 7.11 Å². The fourth-order valence-corrected chi connectivity index (χ4v) is 1.88. The van der Waals surface area contributed by atoms with Crippen molar-refractivity contribution in [1.82, 2.24) is 9.55 Å². The average Bonchev–Trinajstić information content (AvgIpc) is 2.41. The van der Waals surface area contributed by atoms with Gasteiger partial charge in [-0.1, -0.05) is 18.2 Å². The van der Waals surface area contributed by atoms with E-state index < -0.39 is 6.10 Å². The minimum absolute atomic E-state index is 0.145. The zero-order valence-corrected chi connectivity index (χ0v) is 10.9. The average molecular weight is 260 g/mol. The van der Waals surface area contributed by atoms with Crippen LogP contribution in [0.1, 0.15) is 17.4 Å². The van der Waals surface area contributed by atoms with Crippen molar-refractivity contribution in [1.29, 1.82) is 0 Å². The highest BCUT2D eigenvalue weighted by Crippen LogP contribution is 2.25. The molecule has 1 aromatic heterocycles. The summed E-state index contributed by atoms with van der Waals surface area (Å²) in [6.07, 6.45) is 0.620. The lowest BCUT2D eigenvalue weighted by Crippen LogP contribution is -2.23. The third kappa shape index (κ3) is 3.00. The smallest absolute Gasteiger partial charge is 0.253 e. The number of hydrogen-bond donors (Lipinski definition) is 1. The van der Waals surface area contributed by atoms with E-state index in [0.717, 1.165) is 0 Å². The van der Waals surface area contributed by atoms with Gasteiger partial charge in [0.25, 0.3) is 5.56 Å². The van der Waals surface area contributed by atoms with Crippen LogP contribution in [0.15, 0.2) is 41.5 Å². The summed E-state index contributed by atoms with van der Waals surface area (Å²) in [4.78, 5) is 15.8. The number of hydrogen-bond acceptors (Lipinski definition) is 4. The number of aromatic nitrogens is 2. The van der Waals surface area contributed by atoms with E-state index in [9.17, 15) is 9.90 Å². The molecule has 0 saturated carbocycles.